The molecule has 0 aromatic carbocycles. The van der Waals surface area contributed by atoms with Gasteiger partial charge >= 0.3 is 5.97 Å². The molecule has 0 rings (SSSR count). The monoisotopic (exact) mass is 172 g/mol. The minimum atomic E-state index is -0.0593. The van der Waals surface area contributed by atoms with Crippen molar-refractivity contribution in [1.29, 1.82) is 0 Å². The van der Waals surface area contributed by atoms with Crippen LogP contribution in [0, 0.1) is 0 Å². The molecule has 0 unspecified atom stereocenters. The van der Waals surface area contributed by atoms with Crippen molar-refractivity contribution in [2.45, 2.75) is 39.5 Å². The van der Waals surface area contributed by atoms with Crippen LogP contribution in [0.4, 0.5) is 0 Å². The zero-order chi connectivity index (χ0) is 9.82. The summed E-state index contributed by atoms with van der Waals surface area (Å²) >= 11 is 0. The molecule has 0 heterocycles. The Hall–Kier alpha value is -0.790. The summed E-state index contributed by atoms with van der Waals surface area (Å²) in [5.74, 6) is -0.0593. The highest BCUT2D eigenvalue weighted by molar-refractivity contribution is 5.69. The van der Waals surface area contributed by atoms with Crippen molar-refractivity contribution in [2.75, 3.05) is 6.61 Å². The first-order valence-electron chi connectivity index (χ1n) is 4.46. The number of carbonyl (C=O) groups excluding carboxylic acids is 1. The number of unbranched alkanes of at least 4 members (excludes halogenated alkanes) is 2. The van der Waals surface area contributed by atoms with E-state index in [4.69, 9.17) is 4.74 Å². The predicted octanol–water partition coefficient (Wildman–Crippen LogP) is 2.93. The molecule has 0 N–H and O–H groups in total. The summed E-state index contributed by atoms with van der Waals surface area (Å²) in [5.41, 5.74) is 0. The van der Waals surface area contributed by atoms with Crippen molar-refractivity contribution in [3.05, 3.63) is 13.2 Å². The van der Waals surface area contributed by atoms with Crippen LogP contribution in [-0.4, -0.2) is 12.6 Å². The predicted molar refractivity (Wildman–Crippen MR) is 52.0 cm³/mol. The highest BCUT2D eigenvalue weighted by Gasteiger charge is 1.98. The Bertz CT molecular complexity index is 100. The van der Waals surface area contributed by atoms with Crippen LogP contribution in [0.15, 0.2) is 13.2 Å². The van der Waals surface area contributed by atoms with E-state index in [1.54, 1.807) is 0 Å². The van der Waals surface area contributed by atoms with Gasteiger partial charge < -0.3 is 4.74 Å². The summed E-state index contributed by atoms with van der Waals surface area (Å²) < 4.78 is 4.75. The third-order valence-electron chi connectivity index (χ3n) is 1.29. The summed E-state index contributed by atoms with van der Waals surface area (Å²) in [4.78, 5) is 10.7. The van der Waals surface area contributed by atoms with E-state index in [0.29, 0.717) is 13.0 Å². The highest BCUT2D eigenvalue weighted by Crippen LogP contribution is 1.99. The summed E-state index contributed by atoms with van der Waals surface area (Å²) in [6.07, 6.45) is 3.83. The molecule has 0 aliphatic rings. The smallest absolute Gasteiger partial charge is 0.305 e. The van der Waals surface area contributed by atoms with Crippen LogP contribution in [0.25, 0.3) is 0 Å². The molecule has 0 atom stereocenters. The maximum atomic E-state index is 10.7. The quantitative estimate of drug-likeness (QED) is 0.362. The summed E-state index contributed by atoms with van der Waals surface area (Å²) in [6, 6.07) is 0. The van der Waals surface area contributed by atoms with Crippen LogP contribution in [0.2, 0.25) is 0 Å². The average Bonchev–Trinajstić information content (AvgIpc) is 2.09. The third-order valence-corrected chi connectivity index (χ3v) is 1.29. The molecule has 0 aromatic rings. The second-order valence-electron chi connectivity index (χ2n) is 2.26. The van der Waals surface area contributed by atoms with Gasteiger partial charge in [0.15, 0.2) is 0 Å². The van der Waals surface area contributed by atoms with E-state index < -0.39 is 0 Å². The van der Waals surface area contributed by atoms with Crippen molar-refractivity contribution in [3.63, 3.8) is 0 Å². The minimum absolute atomic E-state index is 0.0593. The van der Waals surface area contributed by atoms with Gasteiger partial charge in [0, 0.05) is 6.42 Å². The van der Waals surface area contributed by atoms with E-state index in [-0.39, 0.29) is 5.97 Å². The van der Waals surface area contributed by atoms with E-state index >= 15 is 0 Å². The Balaban J connectivity index is 0. The number of ether oxygens (including phenoxy) is 1. The summed E-state index contributed by atoms with van der Waals surface area (Å²) in [5, 5.41) is 0. The zero-order valence-electron chi connectivity index (χ0n) is 8.27. The molecular formula is C10H20O2. The van der Waals surface area contributed by atoms with Crippen LogP contribution < -0.4 is 0 Å². The fourth-order valence-electron chi connectivity index (χ4n) is 0.752. The first kappa shape index (κ1) is 13.8. The Morgan fingerprint density at radius 1 is 1.25 bits per heavy atom. The summed E-state index contributed by atoms with van der Waals surface area (Å²) in [7, 11) is 0. The molecule has 72 valence electrons. The topological polar surface area (TPSA) is 26.3 Å². The van der Waals surface area contributed by atoms with Crippen LogP contribution >= 0.6 is 0 Å². The van der Waals surface area contributed by atoms with Gasteiger partial charge in [0.25, 0.3) is 0 Å². The maximum absolute atomic E-state index is 10.7. The van der Waals surface area contributed by atoms with E-state index in [0.717, 1.165) is 19.3 Å². The van der Waals surface area contributed by atoms with E-state index in [9.17, 15) is 4.79 Å². The molecule has 0 fully saturated rings. The van der Waals surface area contributed by atoms with Gasteiger partial charge in [-0.25, -0.2) is 0 Å². The summed E-state index contributed by atoms with van der Waals surface area (Å²) in [6.45, 7) is 10.5. The molecule has 0 aliphatic heterocycles. The van der Waals surface area contributed by atoms with Gasteiger partial charge in [0.2, 0.25) is 0 Å². The highest BCUT2D eigenvalue weighted by atomic mass is 16.5. The lowest BCUT2D eigenvalue weighted by Crippen LogP contribution is -2.02. The fourth-order valence-corrected chi connectivity index (χ4v) is 0.752. The number of carbonyl (C=O) groups is 1. The van der Waals surface area contributed by atoms with Crippen LogP contribution in [0.1, 0.15) is 39.5 Å². The normalized spacial score (nSPS) is 8.17. The van der Waals surface area contributed by atoms with Gasteiger partial charge in [0.1, 0.15) is 0 Å². The first-order chi connectivity index (χ1) is 5.81. The van der Waals surface area contributed by atoms with E-state index in [2.05, 4.69) is 20.1 Å². The van der Waals surface area contributed by atoms with Crippen LogP contribution in [0.3, 0.4) is 0 Å². The molecule has 0 saturated carbocycles. The van der Waals surface area contributed by atoms with Crippen LogP contribution in [0.5, 0.6) is 0 Å². The molecular weight excluding hydrogens is 152 g/mol. The minimum Gasteiger partial charge on any atom is -0.466 e. The number of hydrogen-bond acceptors (Lipinski definition) is 2. The lowest BCUT2D eigenvalue weighted by atomic mass is 10.2. The van der Waals surface area contributed by atoms with Crippen molar-refractivity contribution in [3.8, 4) is 0 Å². The molecule has 0 saturated heterocycles. The second kappa shape index (κ2) is 12.8. The van der Waals surface area contributed by atoms with E-state index in [1.807, 2.05) is 6.92 Å². The SMILES string of the molecule is C=C.CCCCCC(=O)OCC. The molecule has 0 aliphatic carbocycles. The van der Waals surface area contributed by atoms with Gasteiger partial charge in [-0.1, -0.05) is 19.8 Å². The number of rotatable bonds is 5. The Morgan fingerprint density at radius 2 is 1.83 bits per heavy atom. The molecule has 2 heteroatoms. The van der Waals surface area contributed by atoms with Gasteiger partial charge in [-0.2, -0.15) is 0 Å². The van der Waals surface area contributed by atoms with Crippen molar-refractivity contribution in [1.82, 2.24) is 0 Å². The molecule has 0 spiro atoms. The Morgan fingerprint density at radius 3 is 2.25 bits per heavy atom. The molecule has 12 heavy (non-hydrogen) atoms. The maximum Gasteiger partial charge on any atom is 0.305 e. The van der Waals surface area contributed by atoms with Crippen LogP contribution in [-0.2, 0) is 9.53 Å². The molecule has 0 bridgehead atoms. The second-order valence-corrected chi connectivity index (χ2v) is 2.26. The fraction of sp³-hybridized carbons (Fsp3) is 0.700. The first-order valence-corrected chi connectivity index (χ1v) is 4.46. The van der Waals surface area contributed by atoms with Crippen molar-refractivity contribution < 1.29 is 9.53 Å². The van der Waals surface area contributed by atoms with Gasteiger partial charge in [-0.05, 0) is 13.3 Å². The number of esters is 1. The van der Waals surface area contributed by atoms with Gasteiger partial charge in [-0.3, -0.25) is 4.79 Å². The van der Waals surface area contributed by atoms with Crippen molar-refractivity contribution in [2.24, 2.45) is 0 Å². The molecule has 0 amide bonds. The average molecular weight is 172 g/mol. The largest absolute Gasteiger partial charge is 0.466 e. The van der Waals surface area contributed by atoms with E-state index in [1.165, 1.54) is 0 Å². The molecule has 0 aromatic heterocycles. The lowest BCUT2D eigenvalue weighted by Gasteiger charge is -1.99. The number of hydrogen-bond donors (Lipinski definition) is 0. The lowest BCUT2D eigenvalue weighted by molar-refractivity contribution is -0.143. The van der Waals surface area contributed by atoms with Crippen molar-refractivity contribution >= 4 is 5.97 Å². The van der Waals surface area contributed by atoms with Gasteiger partial charge in [-0.15, -0.1) is 13.2 Å². The standard InChI is InChI=1S/C8H16O2.C2H4/c1-3-5-6-7-8(9)10-4-2;1-2/h3-7H2,1-2H3;1-2H2. The third kappa shape index (κ3) is 11.9. The van der Waals surface area contributed by atoms with Gasteiger partial charge in [0.05, 0.1) is 6.61 Å². The molecule has 2 nitrogen and oxygen atoms in total. The Kier molecular flexibility index (Phi) is 14.8. The zero-order valence-corrected chi connectivity index (χ0v) is 8.27. The molecule has 0 radical (unpaired) electrons. The Labute approximate surface area is 75.6 Å².